The summed E-state index contributed by atoms with van der Waals surface area (Å²) in [7, 11) is 3.93. The minimum absolute atomic E-state index is 0.0778. The van der Waals surface area contributed by atoms with E-state index in [-0.39, 0.29) is 12.0 Å². The third kappa shape index (κ3) is 3.39. The zero-order valence-electron chi connectivity index (χ0n) is 11.6. The van der Waals surface area contributed by atoms with Gasteiger partial charge in [-0.05, 0) is 26.6 Å². The Labute approximate surface area is 113 Å². The minimum atomic E-state index is -0.226. The number of hydrogen-bond acceptors (Lipinski definition) is 5. The van der Waals surface area contributed by atoms with Gasteiger partial charge in [-0.25, -0.2) is 0 Å². The molecule has 0 bridgehead atoms. The third-order valence-electron chi connectivity index (χ3n) is 3.02. The van der Waals surface area contributed by atoms with Crippen LogP contribution in [0, 0.1) is 0 Å². The van der Waals surface area contributed by atoms with Crippen molar-refractivity contribution < 1.29 is 4.52 Å². The molecule has 2 unspecified atom stereocenters. The molecule has 2 atom stereocenters. The highest BCUT2D eigenvalue weighted by atomic mass is 16.5. The SMILES string of the molecule is CC(c1ccccc1)c1nc(C(N)CN(C)C)no1. The highest BCUT2D eigenvalue weighted by Crippen LogP contribution is 2.23. The molecule has 0 amide bonds. The summed E-state index contributed by atoms with van der Waals surface area (Å²) in [6, 6.07) is 9.86. The van der Waals surface area contributed by atoms with Gasteiger partial charge in [0.2, 0.25) is 5.89 Å². The molecule has 2 rings (SSSR count). The van der Waals surface area contributed by atoms with Crippen LogP contribution in [0.25, 0.3) is 0 Å². The minimum Gasteiger partial charge on any atom is -0.339 e. The lowest BCUT2D eigenvalue weighted by Gasteiger charge is -2.13. The lowest BCUT2D eigenvalue weighted by molar-refractivity contribution is 0.343. The summed E-state index contributed by atoms with van der Waals surface area (Å²) in [5.74, 6) is 1.25. The van der Waals surface area contributed by atoms with E-state index in [0.717, 1.165) is 5.56 Å². The van der Waals surface area contributed by atoms with Gasteiger partial charge in [0.1, 0.15) is 0 Å². The second-order valence-corrected chi connectivity index (χ2v) is 4.99. The fourth-order valence-corrected chi connectivity index (χ4v) is 1.93. The van der Waals surface area contributed by atoms with Crippen molar-refractivity contribution in [3.05, 3.63) is 47.6 Å². The molecule has 2 N–H and O–H groups in total. The van der Waals surface area contributed by atoms with Gasteiger partial charge in [0.25, 0.3) is 0 Å². The normalized spacial score (nSPS) is 14.6. The van der Waals surface area contributed by atoms with E-state index in [9.17, 15) is 0 Å². The van der Waals surface area contributed by atoms with Gasteiger partial charge in [-0.15, -0.1) is 0 Å². The second kappa shape index (κ2) is 5.95. The molecule has 0 radical (unpaired) electrons. The van der Waals surface area contributed by atoms with Crippen LogP contribution in [-0.2, 0) is 0 Å². The number of nitrogens with zero attached hydrogens (tertiary/aromatic N) is 3. The zero-order chi connectivity index (χ0) is 13.8. The molecular weight excluding hydrogens is 240 g/mol. The summed E-state index contributed by atoms with van der Waals surface area (Å²) < 4.78 is 5.32. The molecule has 0 saturated heterocycles. The summed E-state index contributed by atoms with van der Waals surface area (Å²) in [5, 5.41) is 3.98. The highest BCUT2D eigenvalue weighted by molar-refractivity contribution is 5.23. The van der Waals surface area contributed by atoms with Crippen LogP contribution in [-0.4, -0.2) is 35.7 Å². The van der Waals surface area contributed by atoms with E-state index >= 15 is 0 Å². The number of likely N-dealkylation sites (N-methyl/N-ethyl adjacent to an activating group) is 1. The van der Waals surface area contributed by atoms with Crippen LogP contribution in [0.4, 0.5) is 0 Å². The Hall–Kier alpha value is -1.72. The van der Waals surface area contributed by atoms with E-state index in [2.05, 4.69) is 10.1 Å². The quantitative estimate of drug-likeness (QED) is 0.887. The van der Waals surface area contributed by atoms with Gasteiger partial charge in [-0.1, -0.05) is 35.5 Å². The van der Waals surface area contributed by atoms with Gasteiger partial charge < -0.3 is 15.2 Å². The van der Waals surface area contributed by atoms with Gasteiger partial charge >= 0.3 is 0 Å². The number of benzene rings is 1. The molecule has 102 valence electrons. The van der Waals surface area contributed by atoms with Crippen LogP contribution in [0.2, 0.25) is 0 Å². The summed E-state index contributed by atoms with van der Waals surface area (Å²) in [5.41, 5.74) is 7.17. The molecule has 5 nitrogen and oxygen atoms in total. The van der Waals surface area contributed by atoms with Gasteiger partial charge in [-0.2, -0.15) is 4.98 Å². The first kappa shape index (κ1) is 13.7. The summed E-state index contributed by atoms with van der Waals surface area (Å²) >= 11 is 0. The van der Waals surface area contributed by atoms with Gasteiger partial charge in [-0.3, -0.25) is 0 Å². The molecule has 0 fully saturated rings. The summed E-state index contributed by atoms with van der Waals surface area (Å²) in [4.78, 5) is 6.41. The van der Waals surface area contributed by atoms with E-state index in [4.69, 9.17) is 10.3 Å². The van der Waals surface area contributed by atoms with Crippen molar-refractivity contribution in [1.82, 2.24) is 15.0 Å². The zero-order valence-corrected chi connectivity index (χ0v) is 11.6. The first-order valence-electron chi connectivity index (χ1n) is 6.36. The molecule has 1 heterocycles. The Morgan fingerprint density at radius 3 is 2.58 bits per heavy atom. The fourth-order valence-electron chi connectivity index (χ4n) is 1.93. The van der Waals surface area contributed by atoms with Crippen molar-refractivity contribution in [3.63, 3.8) is 0 Å². The van der Waals surface area contributed by atoms with Crippen LogP contribution in [0.5, 0.6) is 0 Å². The first-order valence-corrected chi connectivity index (χ1v) is 6.36. The molecule has 0 spiro atoms. The molecule has 19 heavy (non-hydrogen) atoms. The van der Waals surface area contributed by atoms with Crippen LogP contribution in [0.15, 0.2) is 34.9 Å². The standard InChI is InChI=1S/C14H20N4O/c1-10(11-7-5-4-6-8-11)14-16-13(17-19-14)12(15)9-18(2)3/h4-8,10,12H,9,15H2,1-3H3. The van der Waals surface area contributed by atoms with Gasteiger partial charge in [0, 0.05) is 6.54 Å². The van der Waals surface area contributed by atoms with Crippen molar-refractivity contribution in [2.75, 3.05) is 20.6 Å². The third-order valence-corrected chi connectivity index (χ3v) is 3.02. The molecule has 1 aromatic heterocycles. The molecule has 0 aliphatic rings. The van der Waals surface area contributed by atoms with Crippen molar-refractivity contribution in [2.45, 2.75) is 18.9 Å². The van der Waals surface area contributed by atoms with E-state index in [1.807, 2.05) is 56.3 Å². The lowest BCUT2D eigenvalue weighted by atomic mass is 10.0. The summed E-state index contributed by atoms with van der Waals surface area (Å²) in [6.45, 7) is 2.74. The molecule has 0 aliphatic heterocycles. The van der Waals surface area contributed by atoms with Crippen molar-refractivity contribution in [3.8, 4) is 0 Å². The Kier molecular flexibility index (Phi) is 4.29. The average Bonchev–Trinajstić information content (AvgIpc) is 2.88. The maximum atomic E-state index is 6.02. The number of rotatable bonds is 5. The molecule has 0 aliphatic carbocycles. The van der Waals surface area contributed by atoms with Crippen LogP contribution < -0.4 is 5.73 Å². The number of nitrogens with two attached hydrogens (primary N) is 1. The van der Waals surface area contributed by atoms with Crippen molar-refractivity contribution in [2.24, 2.45) is 5.73 Å². The lowest BCUT2D eigenvalue weighted by Crippen LogP contribution is -2.26. The highest BCUT2D eigenvalue weighted by Gasteiger charge is 2.19. The van der Waals surface area contributed by atoms with E-state index in [1.54, 1.807) is 0 Å². The number of hydrogen-bond donors (Lipinski definition) is 1. The second-order valence-electron chi connectivity index (χ2n) is 4.99. The average molecular weight is 260 g/mol. The van der Waals surface area contributed by atoms with Crippen LogP contribution in [0.1, 0.15) is 36.2 Å². The van der Waals surface area contributed by atoms with E-state index in [1.165, 1.54) is 0 Å². The van der Waals surface area contributed by atoms with Crippen molar-refractivity contribution >= 4 is 0 Å². The topological polar surface area (TPSA) is 68.2 Å². The van der Waals surface area contributed by atoms with E-state index < -0.39 is 0 Å². The smallest absolute Gasteiger partial charge is 0.233 e. The molecular formula is C14H20N4O. The molecule has 5 heteroatoms. The van der Waals surface area contributed by atoms with Crippen LogP contribution >= 0.6 is 0 Å². The Balaban J connectivity index is 2.13. The Morgan fingerprint density at radius 1 is 1.26 bits per heavy atom. The Morgan fingerprint density at radius 2 is 1.95 bits per heavy atom. The maximum absolute atomic E-state index is 6.02. The molecule has 1 aromatic carbocycles. The first-order chi connectivity index (χ1) is 9.08. The molecule has 2 aromatic rings. The fraction of sp³-hybridized carbons (Fsp3) is 0.429. The Bertz CT molecular complexity index is 509. The van der Waals surface area contributed by atoms with E-state index in [0.29, 0.717) is 18.3 Å². The predicted octanol–water partition coefficient (Wildman–Crippen LogP) is 1.78. The van der Waals surface area contributed by atoms with Gasteiger partial charge in [0.05, 0.1) is 12.0 Å². The van der Waals surface area contributed by atoms with Crippen LogP contribution in [0.3, 0.4) is 0 Å². The van der Waals surface area contributed by atoms with Gasteiger partial charge in [0.15, 0.2) is 5.82 Å². The summed E-state index contributed by atoms with van der Waals surface area (Å²) in [6.07, 6.45) is 0. The molecule has 0 saturated carbocycles. The maximum Gasteiger partial charge on any atom is 0.233 e. The monoisotopic (exact) mass is 260 g/mol. The number of aromatic nitrogens is 2. The predicted molar refractivity (Wildman–Crippen MR) is 73.7 cm³/mol. The van der Waals surface area contributed by atoms with Crippen molar-refractivity contribution in [1.29, 1.82) is 0 Å². The largest absolute Gasteiger partial charge is 0.339 e.